The maximum atomic E-state index is 14.2. The Bertz CT molecular complexity index is 1150. The molecule has 212 valence electrons. The summed E-state index contributed by atoms with van der Waals surface area (Å²) in [6.07, 6.45) is 10.5. The molecule has 1 aromatic heterocycles. The van der Waals surface area contributed by atoms with Crippen LogP contribution in [0.1, 0.15) is 81.2 Å². The van der Waals surface area contributed by atoms with E-state index in [0.717, 1.165) is 88.0 Å². The van der Waals surface area contributed by atoms with E-state index in [4.69, 9.17) is 14.5 Å². The van der Waals surface area contributed by atoms with E-state index < -0.39 is 17.8 Å². The number of carbonyl (C=O) groups is 1. The topological polar surface area (TPSA) is 83.9 Å². The van der Waals surface area contributed by atoms with E-state index in [1.807, 2.05) is 4.90 Å². The van der Waals surface area contributed by atoms with Gasteiger partial charge in [-0.05, 0) is 82.0 Å². The normalized spacial score (nSPS) is 20.6. The van der Waals surface area contributed by atoms with Gasteiger partial charge in [0.25, 0.3) is 0 Å². The molecule has 5 rings (SSSR count). The summed E-state index contributed by atoms with van der Waals surface area (Å²) in [5.41, 5.74) is 2.84. The van der Waals surface area contributed by atoms with Crippen LogP contribution in [0.3, 0.4) is 0 Å². The number of aliphatic carboxylic acids is 1. The summed E-state index contributed by atoms with van der Waals surface area (Å²) in [6.45, 7) is 5.06. The zero-order valence-electron chi connectivity index (χ0n) is 23.3. The van der Waals surface area contributed by atoms with Gasteiger partial charge in [-0.2, -0.15) is 0 Å². The Morgan fingerprint density at radius 1 is 1.26 bits per heavy atom. The number of hydrogen-bond donors (Lipinski definition) is 2. The van der Waals surface area contributed by atoms with Gasteiger partial charge in [-0.25, -0.2) is 9.37 Å². The Morgan fingerprint density at radius 2 is 2.10 bits per heavy atom. The van der Waals surface area contributed by atoms with Crippen molar-refractivity contribution >= 4 is 11.8 Å². The van der Waals surface area contributed by atoms with Crippen LogP contribution < -0.4 is 14.8 Å². The molecule has 2 fully saturated rings. The lowest BCUT2D eigenvalue weighted by molar-refractivity contribution is -0.143. The number of hydrogen-bond acceptors (Lipinski definition) is 6. The number of carboxylic acid groups (broad SMARTS) is 1. The summed E-state index contributed by atoms with van der Waals surface area (Å²) < 4.78 is 25.9. The Kier molecular flexibility index (Phi) is 8.60. The fraction of sp³-hybridized carbons (Fsp3) is 0.613. The maximum absolute atomic E-state index is 14.2. The van der Waals surface area contributed by atoms with Gasteiger partial charge in [-0.15, -0.1) is 0 Å². The second kappa shape index (κ2) is 12.1. The number of aryl methyl sites for hydroxylation is 1. The molecule has 2 atom stereocenters. The van der Waals surface area contributed by atoms with Gasteiger partial charge in [0.15, 0.2) is 0 Å². The summed E-state index contributed by atoms with van der Waals surface area (Å²) >= 11 is 0. The van der Waals surface area contributed by atoms with E-state index in [-0.39, 0.29) is 5.41 Å². The standard InChI is InChI=1S/C31H42FN3O4/c1-31(13-14-31)20-39-26-11-10-22(32)17-25(26)28(30(36)37)35-16-12-21(19-35)7-4-3-5-8-23-18-27(38-2)24-9-6-15-33-29(24)34-23/h10-11,17-18,21,28H,3-9,12-16,19-20H2,1-2H3,(H,33,34)(H,36,37)/t21-,28-/m1/s1. The Balaban J connectivity index is 1.12. The number of nitrogens with one attached hydrogen (secondary N) is 1. The molecule has 0 spiro atoms. The zero-order chi connectivity index (χ0) is 27.4. The van der Waals surface area contributed by atoms with E-state index in [1.165, 1.54) is 17.7 Å². The van der Waals surface area contributed by atoms with Crippen molar-refractivity contribution in [1.82, 2.24) is 9.88 Å². The van der Waals surface area contributed by atoms with Gasteiger partial charge >= 0.3 is 5.97 Å². The van der Waals surface area contributed by atoms with Crippen molar-refractivity contribution in [2.45, 2.75) is 77.2 Å². The van der Waals surface area contributed by atoms with Crippen LogP contribution in [0, 0.1) is 17.2 Å². The van der Waals surface area contributed by atoms with Crippen LogP contribution >= 0.6 is 0 Å². The van der Waals surface area contributed by atoms with Gasteiger partial charge in [0.1, 0.15) is 29.2 Å². The number of fused-ring (bicyclic) bond motifs is 1. The van der Waals surface area contributed by atoms with E-state index in [1.54, 1.807) is 13.2 Å². The smallest absolute Gasteiger partial charge is 0.325 e. The molecule has 1 aliphatic carbocycles. The number of likely N-dealkylation sites (tertiary alicyclic amines) is 1. The number of halogens is 1. The first kappa shape index (κ1) is 27.7. The highest BCUT2D eigenvalue weighted by Gasteiger charge is 2.39. The summed E-state index contributed by atoms with van der Waals surface area (Å²) in [6, 6.07) is 5.47. The third-order valence-electron chi connectivity index (χ3n) is 8.66. The van der Waals surface area contributed by atoms with Gasteiger partial charge in [-0.3, -0.25) is 9.69 Å². The van der Waals surface area contributed by atoms with Gasteiger partial charge in [0.05, 0.1) is 13.7 Å². The molecular formula is C31H42FN3O4. The minimum absolute atomic E-state index is 0.155. The third-order valence-corrected chi connectivity index (χ3v) is 8.66. The molecular weight excluding hydrogens is 497 g/mol. The molecule has 2 aromatic rings. The minimum atomic E-state index is -0.953. The number of ether oxygens (including phenoxy) is 2. The number of nitrogens with zero attached hydrogens (tertiary/aromatic N) is 2. The Morgan fingerprint density at radius 3 is 2.87 bits per heavy atom. The Hall–Kier alpha value is -2.87. The average Bonchev–Trinajstić information content (AvgIpc) is 3.49. The van der Waals surface area contributed by atoms with E-state index in [0.29, 0.717) is 36.9 Å². The highest BCUT2D eigenvalue weighted by Crippen LogP contribution is 2.46. The number of unbranched alkanes of at least 4 members (excludes halogenated alkanes) is 2. The molecule has 1 saturated heterocycles. The molecule has 3 heterocycles. The summed E-state index contributed by atoms with van der Waals surface area (Å²) in [7, 11) is 1.73. The monoisotopic (exact) mass is 539 g/mol. The second-order valence-electron chi connectivity index (χ2n) is 11.9. The average molecular weight is 540 g/mol. The van der Waals surface area contributed by atoms with Gasteiger partial charge in [-0.1, -0.05) is 19.8 Å². The minimum Gasteiger partial charge on any atom is -0.496 e. The Labute approximate surface area is 231 Å². The molecule has 8 heteroatoms. The van der Waals surface area contributed by atoms with Gasteiger partial charge < -0.3 is 19.9 Å². The first-order chi connectivity index (χ1) is 18.8. The second-order valence-corrected chi connectivity index (χ2v) is 11.9. The van der Waals surface area contributed by atoms with Crippen molar-refractivity contribution in [2.24, 2.45) is 11.3 Å². The maximum Gasteiger partial charge on any atom is 0.325 e. The van der Waals surface area contributed by atoms with Crippen LogP contribution in [0.5, 0.6) is 11.5 Å². The molecule has 2 N–H and O–H groups in total. The molecule has 0 radical (unpaired) electrons. The molecule has 0 unspecified atom stereocenters. The lowest BCUT2D eigenvalue weighted by atomic mass is 9.99. The van der Waals surface area contributed by atoms with Crippen LogP contribution in [0.4, 0.5) is 10.2 Å². The highest BCUT2D eigenvalue weighted by atomic mass is 19.1. The van der Waals surface area contributed by atoms with Crippen molar-refractivity contribution < 1.29 is 23.8 Å². The number of methoxy groups -OCH3 is 1. The number of benzene rings is 1. The van der Waals surface area contributed by atoms with Crippen molar-refractivity contribution in [3.8, 4) is 11.5 Å². The molecule has 3 aliphatic rings. The van der Waals surface area contributed by atoms with Gasteiger partial charge in [0, 0.05) is 41.4 Å². The highest BCUT2D eigenvalue weighted by molar-refractivity contribution is 5.77. The molecule has 7 nitrogen and oxygen atoms in total. The summed E-state index contributed by atoms with van der Waals surface area (Å²) in [4.78, 5) is 19.2. The largest absolute Gasteiger partial charge is 0.496 e. The van der Waals surface area contributed by atoms with Crippen LogP contribution in [0.25, 0.3) is 0 Å². The zero-order valence-corrected chi connectivity index (χ0v) is 23.3. The fourth-order valence-electron chi connectivity index (χ4n) is 5.98. The first-order valence-corrected chi connectivity index (χ1v) is 14.5. The SMILES string of the molecule is COc1cc(CCCCC[C@@H]2CCN([C@@H](C(=O)O)c3cc(F)ccc3OCC3(C)CC3)C2)nc2c1CCCN2. The molecule has 2 aliphatic heterocycles. The fourth-order valence-corrected chi connectivity index (χ4v) is 5.98. The predicted molar refractivity (Wildman–Crippen MR) is 149 cm³/mol. The van der Waals surface area contributed by atoms with Crippen LogP contribution in [0.15, 0.2) is 24.3 Å². The van der Waals surface area contributed by atoms with Crippen molar-refractivity contribution in [3.05, 3.63) is 46.9 Å². The molecule has 39 heavy (non-hydrogen) atoms. The summed E-state index contributed by atoms with van der Waals surface area (Å²) in [5, 5.41) is 13.6. The van der Waals surface area contributed by atoms with Crippen LogP contribution in [0.2, 0.25) is 0 Å². The lowest BCUT2D eigenvalue weighted by Gasteiger charge is -2.27. The molecule has 0 amide bonds. The number of aromatic nitrogens is 1. The molecule has 1 saturated carbocycles. The van der Waals surface area contributed by atoms with Crippen molar-refractivity contribution in [3.63, 3.8) is 0 Å². The third kappa shape index (κ3) is 6.83. The number of pyridine rings is 1. The number of carboxylic acids is 1. The van der Waals surface area contributed by atoms with Crippen LogP contribution in [-0.2, 0) is 17.6 Å². The molecule has 0 bridgehead atoms. The number of anilines is 1. The van der Waals surface area contributed by atoms with Crippen molar-refractivity contribution in [1.29, 1.82) is 0 Å². The summed E-state index contributed by atoms with van der Waals surface area (Å²) in [5.74, 6) is 1.47. The quantitative estimate of drug-likeness (QED) is 0.301. The van der Waals surface area contributed by atoms with E-state index in [2.05, 4.69) is 18.3 Å². The molecule has 1 aromatic carbocycles. The lowest BCUT2D eigenvalue weighted by Crippen LogP contribution is -2.33. The van der Waals surface area contributed by atoms with Crippen molar-refractivity contribution in [2.75, 3.05) is 38.7 Å². The van der Waals surface area contributed by atoms with Crippen LogP contribution in [-0.4, -0.2) is 54.3 Å². The number of rotatable bonds is 13. The van der Waals surface area contributed by atoms with E-state index >= 15 is 0 Å². The first-order valence-electron chi connectivity index (χ1n) is 14.5. The predicted octanol–water partition coefficient (Wildman–Crippen LogP) is 6.02. The van der Waals surface area contributed by atoms with E-state index in [9.17, 15) is 14.3 Å². The van der Waals surface area contributed by atoms with Gasteiger partial charge in [0.2, 0.25) is 0 Å².